The first kappa shape index (κ1) is 20.9. The molecule has 0 saturated heterocycles. The maximum absolute atomic E-state index is 12.0. The average Bonchev–Trinajstić information content (AvgIpc) is 2.94. The third-order valence-corrected chi connectivity index (χ3v) is 4.99. The molecule has 2 rings (SSSR count). The molecule has 0 amide bonds. The van der Waals surface area contributed by atoms with Crippen LogP contribution in [0, 0.1) is 11.3 Å². The number of rotatable bonds is 9. The van der Waals surface area contributed by atoms with Crippen LogP contribution < -0.4 is 0 Å². The Morgan fingerprint density at radius 1 is 1.38 bits per heavy atom. The Morgan fingerprint density at radius 2 is 2.08 bits per heavy atom. The van der Waals surface area contributed by atoms with Crippen LogP contribution in [0.2, 0.25) is 0 Å². The van der Waals surface area contributed by atoms with Crippen molar-refractivity contribution in [2.75, 3.05) is 6.61 Å². The topological polar surface area (TPSA) is 72.6 Å². The highest BCUT2D eigenvalue weighted by molar-refractivity contribution is 5.70. The maximum atomic E-state index is 12.0. The first-order chi connectivity index (χ1) is 12.2. The largest absolute Gasteiger partial charge is 0.463 e. The second kappa shape index (κ2) is 9.03. The molecule has 0 radical (unpaired) electrons. The van der Waals surface area contributed by atoms with Crippen LogP contribution >= 0.6 is 0 Å². The number of hydrogen-bond acceptors (Lipinski definition) is 5. The first-order valence-corrected chi connectivity index (χ1v) is 9.94. The van der Waals surface area contributed by atoms with E-state index in [2.05, 4.69) is 25.9 Å². The van der Waals surface area contributed by atoms with Crippen LogP contribution in [-0.4, -0.2) is 28.9 Å². The molecule has 0 unspecified atom stereocenters. The Hall–Kier alpha value is -1.36. The van der Waals surface area contributed by atoms with E-state index in [4.69, 9.17) is 14.4 Å². The summed E-state index contributed by atoms with van der Waals surface area (Å²) in [4.78, 5) is 12.0. The smallest absolute Gasteiger partial charge is 0.306 e. The van der Waals surface area contributed by atoms with Gasteiger partial charge in [0.2, 0.25) is 0 Å². The van der Waals surface area contributed by atoms with E-state index in [9.17, 15) is 4.79 Å². The van der Waals surface area contributed by atoms with Crippen LogP contribution in [0.3, 0.4) is 0 Å². The van der Waals surface area contributed by atoms with E-state index in [-0.39, 0.29) is 31.0 Å². The fraction of sp³-hybridized carbons (Fsp3) is 0.810. The number of esters is 1. The monoisotopic (exact) mass is 365 g/mol. The van der Waals surface area contributed by atoms with E-state index < -0.39 is 0 Å². The summed E-state index contributed by atoms with van der Waals surface area (Å²) in [5, 5.41) is 13.4. The predicted octanol–water partition coefficient (Wildman–Crippen LogP) is 4.80. The van der Waals surface area contributed by atoms with Gasteiger partial charge < -0.3 is 14.4 Å². The summed E-state index contributed by atoms with van der Waals surface area (Å²) in [6.45, 7) is 10.7. The molecule has 0 aromatic carbocycles. The van der Waals surface area contributed by atoms with Crippen LogP contribution in [-0.2, 0) is 9.53 Å². The summed E-state index contributed by atoms with van der Waals surface area (Å²) in [5.41, 5.74) is 1.38. The zero-order chi connectivity index (χ0) is 19.3. The summed E-state index contributed by atoms with van der Waals surface area (Å²) in [6, 6.07) is 2.02. The molecule has 1 fully saturated rings. The van der Waals surface area contributed by atoms with Gasteiger partial charge in [-0.05, 0) is 57.3 Å². The van der Waals surface area contributed by atoms with E-state index in [0.717, 1.165) is 17.4 Å². The summed E-state index contributed by atoms with van der Waals surface area (Å²) in [5.74, 6) is 1.68. The van der Waals surface area contributed by atoms with Gasteiger partial charge in [0.05, 0.1) is 18.2 Å². The minimum absolute atomic E-state index is 0.0832. The fourth-order valence-corrected chi connectivity index (χ4v) is 3.89. The van der Waals surface area contributed by atoms with Crippen molar-refractivity contribution in [2.24, 2.45) is 11.3 Å². The zero-order valence-corrected chi connectivity index (χ0v) is 17.0. The van der Waals surface area contributed by atoms with Gasteiger partial charge in [-0.1, -0.05) is 25.9 Å². The minimum Gasteiger partial charge on any atom is -0.463 e. The highest BCUT2D eigenvalue weighted by atomic mass is 16.5. The van der Waals surface area contributed by atoms with Gasteiger partial charge in [-0.15, -0.1) is 0 Å². The molecule has 26 heavy (non-hydrogen) atoms. The lowest BCUT2D eigenvalue weighted by molar-refractivity contribution is -0.148. The standard InChI is InChI=1S/C21H35NO4/c1-14(2)25-20(24)11-16(7-6-8-23)19-12-18(22-26-19)17-9-15(10-17)13-21(3,4)5/h12,14-17,23H,6-11,13H2,1-5H3/t15?,16-,17?/m0/s1. The van der Waals surface area contributed by atoms with Crippen LogP contribution in [0.4, 0.5) is 0 Å². The van der Waals surface area contributed by atoms with Crippen molar-refractivity contribution >= 4 is 5.97 Å². The summed E-state index contributed by atoms with van der Waals surface area (Å²) >= 11 is 0. The third kappa shape index (κ3) is 6.42. The molecule has 1 N–H and O–H groups in total. The Bertz CT molecular complexity index is 567. The fourth-order valence-electron chi connectivity index (χ4n) is 3.89. The van der Waals surface area contributed by atoms with E-state index in [1.54, 1.807) is 0 Å². The van der Waals surface area contributed by atoms with E-state index in [1.165, 1.54) is 19.3 Å². The van der Waals surface area contributed by atoms with Crippen LogP contribution in [0.1, 0.15) is 96.4 Å². The lowest BCUT2D eigenvalue weighted by atomic mass is 9.67. The maximum Gasteiger partial charge on any atom is 0.306 e. The predicted molar refractivity (Wildman–Crippen MR) is 101 cm³/mol. The molecular formula is C21H35NO4. The van der Waals surface area contributed by atoms with Gasteiger partial charge in [0.15, 0.2) is 0 Å². The molecule has 1 saturated carbocycles. The number of aliphatic hydroxyl groups excluding tert-OH is 1. The second-order valence-corrected chi connectivity index (χ2v) is 9.26. The molecule has 1 heterocycles. The van der Waals surface area contributed by atoms with Crippen LogP contribution in [0.15, 0.2) is 10.6 Å². The number of nitrogens with zero attached hydrogens (tertiary/aromatic N) is 1. The number of aliphatic hydroxyl groups is 1. The van der Waals surface area contributed by atoms with Crippen molar-refractivity contribution in [3.05, 3.63) is 17.5 Å². The molecule has 0 spiro atoms. The molecule has 1 aliphatic rings. The minimum atomic E-state index is -0.227. The van der Waals surface area contributed by atoms with Gasteiger partial charge in [0.1, 0.15) is 5.76 Å². The normalized spacial score (nSPS) is 21.5. The third-order valence-electron chi connectivity index (χ3n) is 4.99. The average molecular weight is 366 g/mol. The number of hydrogen-bond donors (Lipinski definition) is 1. The summed E-state index contributed by atoms with van der Waals surface area (Å²) < 4.78 is 10.8. The lowest BCUT2D eigenvalue weighted by Crippen LogP contribution is -2.26. The first-order valence-electron chi connectivity index (χ1n) is 9.94. The van der Waals surface area contributed by atoms with Crippen molar-refractivity contribution in [3.8, 4) is 0 Å². The van der Waals surface area contributed by atoms with E-state index in [0.29, 0.717) is 24.2 Å². The van der Waals surface area contributed by atoms with Crippen molar-refractivity contribution in [2.45, 2.75) is 91.1 Å². The molecule has 1 atom stereocenters. The Balaban J connectivity index is 1.94. The van der Waals surface area contributed by atoms with Crippen molar-refractivity contribution in [1.29, 1.82) is 0 Å². The number of ether oxygens (including phenoxy) is 1. The van der Waals surface area contributed by atoms with Gasteiger partial charge in [0.25, 0.3) is 0 Å². The molecular weight excluding hydrogens is 330 g/mol. The Kier molecular flexibility index (Phi) is 7.27. The number of carbonyl (C=O) groups is 1. The number of aromatic nitrogens is 1. The molecule has 5 nitrogen and oxygen atoms in total. The highest BCUT2D eigenvalue weighted by Crippen LogP contribution is 2.46. The van der Waals surface area contributed by atoms with Crippen LogP contribution in [0.25, 0.3) is 0 Å². The molecule has 1 aliphatic carbocycles. The Morgan fingerprint density at radius 3 is 2.65 bits per heavy atom. The van der Waals surface area contributed by atoms with E-state index >= 15 is 0 Å². The molecule has 1 aromatic rings. The van der Waals surface area contributed by atoms with Crippen molar-refractivity contribution in [1.82, 2.24) is 5.16 Å². The highest BCUT2D eigenvalue weighted by Gasteiger charge is 2.35. The van der Waals surface area contributed by atoms with E-state index in [1.807, 2.05) is 19.9 Å². The SMILES string of the molecule is CC(C)OC(=O)C[C@H](CCCO)c1cc(C2CC(CC(C)(C)C)C2)no1. The van der Waals surface area contributed by atoms with Gasteiger partial charge in [-0.3, -0.25) is 4.79 Å². The van der Waals surface area contributed by atoms with Gasteiger partial charge >= 0.3 is 5.97 Å². The lowest BCUT2D eigenvalue weighted by Gasteiger charge is -2.37. The Labute approximate surface area is 157 Å². The second-order valence-electron chi connectivity index (χ2n) is 9.26. The van der Waals surface area contributed by atoms with Gasteiger partial charge in [0, 0.05) is 24.5 Å². The molecule has 5 heteroatoms. The molecule has 0 aliphatic heterocycles. The molecule has 1 aromatic heterocycles. The van der Waals surface area contributed by atoms with Crippen LogP contribution in [0.5, 0.6) is 0 Å². The van der Waals surface area contributed by atoms with Crippen molar-refractivity contribution < 1.29 is 19.2 Å². The zero-order valence-electron chi connectivity index (χ0n) is 17.0. The van der Waals surface area contributed by atoms with Gasteiger partial charge in [-0.2, -0.15) is 0 Å². The molecule has 0 bridgehead atoms. The summed E-state index contributed by atoms with van der Waals surface area (Å²) in [6.07, 6.45) is 5.04. The number of carbonyl (C=O) groups excluding carboxylic acids is 1. The van der Waals surface area contributed by atoms with Crippen molar-refractivity contribution in [3.63, 3.8) is 0 Å². The van der Waals surface area contributed by atoms with Gasteiger partial charge in [-0.25, -0.2) is 0 Å². The molecule has 148 valence electrons. The quantitative estimate of drug-likeness (QED) is 0.636. The summed E-state index contributed by atoms with van der Waals surface area (Å²) in [7, 11) is 0.